The van der Waals surface area contributed by atoms with E-state index in [0.717, 1.165) is 36.6 Å². The lowest BCUT2D eigenvalue weighted by Gasteiger charge is -2.61. The van der Waals surface area contributed by atoms with Crippen LogP contribution in [0.1, 0.15) is 91.9 Å². The van der Waals surface area contributed by atoms with Crippen LogP contribution in [0.3, 0.4) is 0 Å². The maximum atomic E-state index is 11.6. The van der Waals surface area contributed by atoms with Crippen molar-refractivity contribution in [2.45, 2.75) is 104 Å². The second-order valence-corrected chi connectivity index (χ2v) is 11.0. The summed E-state index contributed by atoms with van der Waals surface area (Å²) in [5.41, 5.74) is 0.254. The van der Waals surface area contributed by atoms with Gasteiger partial charge in [0.1, 0.15) is 0 Å². The summed E-state index contributed by atoms with van der Waals surface area (Å²) in [7, 11) is 0. The fourth-order valence-corrected chi connectivity index (χ4v) is 8.07. The summed E-state index contributed by atoms with van der Waals surface area (Å²) in [4.78, 5) is 0. The van der Waals surface area contributed by atoms with E-state index < -0.39 is 5.60 Å². The van der Waals surface area contributed by atoms with Gasteiger partial charge in [-0.2, -0.15) is 0 Å². The number of hydrogen-bond donors (Lipinski definition) is 2. The number of rotatable bonds is 3. The summed E-state index contributed by atoms with van der Waals surface area (Å²) < 4.78 is 0. The molecule has 0 aromatic rings. The normalized spacial score (nSPS) is 52.6. The van der Waals surface area contributed by atoms with Crippen LogP contribution < -0.4 is 5.32 Å². The van der Waals surface area contributed by atoms with Crippen molar-refractivity contribution in [2.24, 2.45) is 34.5 Å². The first-order chi connectivity index (χ1) is 11.8. The lowest BCUT2D eigenvalue weighted by molar-refractivity contribution is -0.150. The van der Waals surface area contributed by atoms with Gasteiger partial charge in [0, 0.05) is 18.0 Å². The molecule has 4 aliphatic rings. The third kappa shape index (κ3) is 2.64. The topological polar surface area (TPSA) is 32.3 Å². The summed E-state index contributed by atoms with van der Waals surface area (Å²) in [6, 6.07) is 0.458. The van der Waals surface area contributed by atoms with Crippen LogP contribution in [0.5, 0.6) is 0 Å². The highest BCUT2D eigenvalue weighted by Gasteiger charge is 2.64. The molecule has 0 heterocycles. The minimum absolute atomic E-state index is 0.133. The molecule has 4 saturated carbocycles. The van der Waals surface area contributed by atoms with Gasteiger partial charge in [0.2, 0.25) is 0 Å². The Bertz CT molecular complexity index is 504. The molecule has 0 amide bonds. The van der Waals surface area contributed by atoms with Gasteiger partial charge in [0.25, 0.3) is 0 Å². The molecule has 7 atom stereocenters. The maximum Gasteiger partial charge on any atom is 0.0827 e. The zero-order valence-corrected chi connectivity index (χ0v) is 17.1. The molecule has 144 valence electrons. The highest BCUT2D eigenvalue weighted by molar-refractivity contribution is 5.14. The first-order valence-electron chi connectivity index (χ1n) is 11.3. The SMILES string of the molecule is CC(C)NCC1(O)CCC2C3CCC4CCCCC4(C)C3CCC21C. The minimum atomic E-state index is -0.489. The first kappa shape index (κ1) is 18.3. The lowest BCUT2D eigenvalue weighted by Crippen LogP contribution is -2.58. The van der Waals surface area contributed by atoms with Gasteiger partial charge in [-0.25, -0.2) is 0 Å². The van der Waals surface area contributed by atoms with E-state index in [-0.39, 0.29) is 5.41 Å². The van der Waals surface area contributed by atoms with E-state index in [9.17, 15) is 5.11 Å². The van der Waals surface area contributed by atoms with Crippen LogP contribution in [0, 0.1) is 34.5 Å². The Morgan fingerprint density at radius 3 is 2.44 bits per heavy atom. The predicted octanol–water partition coefficient (Wildman–Crippen LogP) is 5.15. The highest BCUT2D eigenvalue weighted by atomic mass is 16.3. The quantitative estimate of drug-likeness (QED) is 0.740. The number of fused-ring (bicyclic) bond motifs is 5. The van der Waals surface area contributed by atoms with Crippen molar-refractivity contribution in [1.82, 2.24) is 5.32 Å². The summed E-state index contributed by atoms with van der Waals surface area (Å²) in [5, 5.41) is 15.2. The first-order valence-corrected chi connectivity index (χ1v) is 11.3. The lowest BCUT2D eigenvalue weighted by atomic mass is 9.44. The van der Waals surface area contributed by atoms with Crippen LogP contribution in [0.15, 0.2) is 0 Å². The monoisotopic (exact) mass is 347 g/mol. The molecule has 0 bridgehead atoms. The molecule has 25 heavy (non-hydrogen) atoms. The summed E-state index contributed by atoms with van der Waals surface area (Å²) in [5.74, 6) is 3.57. The smallest absolute Gasteiger partial charge is 0.0827 e. The van der Waals surface area contributed by atoms with Crippen LogP contribution in [0.2, 0.25) is 0 Å². The van der Waals surface area contributed by atoms with Crippen molar-refractivity contribution < 1.29 is 5.11 Å². The molecule has 0 aromatic heterocycles. The minimum Gasteiger partial charge on any atom is -0.388 e. The summed E-state index contributed by atoms with van der Waals surface area (Å²) in [6.45, 7) is 10.3. The second kappa shape index (κ2) is 6.23. The average Bonchev–Trinajstić information content (AvgIpc) is 2.84. The van der Waals surface area contributed by atoms with Crippen LogP contribution in [-0.4, -0.2) is 23.3 Å². The van der Waals surface area contributed by atoms with Gasteiger partial charge in [0.15, 0.2) is 0 Å². The van der Waals surface area contributed by atoms with E-state index in [1.165, 1.54) is 57.8 Å². The number of hydrogen-bond acceptors (Lipinski definition) is 2. The van der Waals surface area contributed by atoms with E-state index >= 15 is 0 Å². The molecule has 0 spiro atoms. The maximum absolute atomic E-state index is 11.6. The molecule has 2 nitrogen and oxygen atoms in total. The highest BCUT2D eigenvalue weighted by Crippen LogP contribution is 2.68. The zero-order chi connectivity index (χ0) is 17.9. The molecule has 2 heteroatoms. The van der Waals surface area contributed by atoms with Gasteiger partial charge in [-0.1, -0.05) is 40.5 Å². The van der Waals surface area contributed by atoms with E-state index in [1.807, 2.05) is 0 Å². The molecule has 0 radical (unpaired) electrons. The van der Waals surface area contributed by atoms with Crippen molar-refractivity contribution in [3.8, 4) is 0 Å². The third-order valence-electron chi connectivity index (χ3n) is 9.71. The van der Waals surface area contributed by atoms with E-state index in [1.54, 1.807) is 0 Å². The Hall–Kier alpha value is -0.0800. The Morgan fingerprint density at radius 1 is 0.920 bits per heavy atom. The van der Waals surface area contributed by atoms with Crippen LogP contribution in [0.25, 0.3) is 0 Å². The molecule has 0 aromatic carbocycles. The summed E-state index contributed by atoms with van der Waals surface area (Å²) >= 11 is 0. The zero-order valence-electron chi connectivity index (χ0n) is 17.1. The van der Waals surface area contributed by atoms with Crippen molar-refractivity contribution >= 4 is 0 Å². The van der Waals surface area contributed by atoms with Crippen molar-refractivity contribution in [2.75, 3.05) is 6.54 Å². The average molecular weight is 348 g/mol. The molecule has 4 fully saturated rings. The number of nitrogens with one attached hydrogen (secondary N) is 1. The molecule has 4 rings (SSSR count). The van der Waals surface area contributed by atoms with Gasteiger partial charge in [-0.05, 0) is 80.5 Å². The van der Waals surface area contributed by atoms with Gasteiger partial charge in [0.05, 0.1) is 5.60 Å². The molecule has 0 saturated heterocycles. The molecule has 4 aliphatic carbocycles. The predicted molar refractivity (Wildman–Crippen MR) is 104 cm³/mol. The Labute approximate surface area is 155 Å². The van der Waals surface area contributed by atoms with E-state index in [0.29, 0.717) is 11.5 Å². The van der Waals surface area contributed by atoms with Gasteiger partial charge < -0.3 is 10.4 Å². The molecule has 0 aliphatic heterocycles. The summed E-state index contributed by atoms with van der Waals surface area (Å²) in [6.07, 6.45) is 13.7. The van der Waals surface area contributed by atoms with Crippen molar-refractivity contribution in [1.29, 1.82) is 0 Å². The van der Waals surface area contributed by atoms with Crippen molar-refractivity contribution in [3.05, 3.63) is 0 Å². The van der Waals surface area contributed by atoms with E-state index in [4.69, 9.17) is 0 Å². The second-order valence-electron chi connectivity index (χ2n) is 11.0. The molecule has 2 N–H and O–H groups in total. The van der Waals surface area contributed by atoms with Crippen LogP contribution >= 0.6 is 0 Å². The van der Waals surface area contributed by atoms with Gasteiger partial charge in [-0.3, -0.25) is 0 Å². The van der Waals surface area contributed by atoms with Crippen LogP contribution in [0.4, 0.5) is 0 Å². The Morgan fingerprint density at radius 2 is 1.68 bits per heavy atom. The van der Waals surface area contributed by atoms with Crippen LogP contribution in [-0.2, 0) is 0 Å². The molecular weight excluding hydrogens is 306 g/mol. The standard InChI is InChI=1S/C23H41NO/c1-16(2)24-15-23(25)14-11-20-18-9-8-17-7-5-6-12-21(17,3)19(18)10-13-22(20,23)4/h16-20,24-25H,5-15H2,1-4H3. The fourth-order valence-electron chi connectivity index (χ4n) is 8.07. The van der Waals surface area contributed by atoms with Crippen molar-refractivity contribution in [3.63, 3.8) is 0 Å². The Kier molecular flexibility index (Phi) is 4.56. The molecular formula is C23H41NO. The van der Waals surface area contributed by atoms with Gasteiger partial charge in [-0.15, -0.1) is 0 Å². The van der Waals surface area contributed by atoms with E-state index in [2.05, 4.69) is 33.0 Å². The Balaban J connectivity index is 1.57. The largest absolute Gasteiger partial charge is 0.388 e. The number of aliphatic hydroxyl groups is 1. The van der Waals surface area contributed by atoms with Gasteiger partial charge >= 0.3 is 0 Å². The third-order valence-corrected chi connectivity index (χ3v) is 9.71. The molecule has 7 unspecified atom stereocenters. The fraction of sp³-hybridized carbons (Fsp3) is 1.00.